The molecule has 0 spiro atoms. The molecule has 0 unspecified atom stereocenters. The van der Waals surface area contributed by atoms with Gasteiger partial charge in [0.1, 0.15) is 22.2 Å². The van der Waals surface area contributed by atoms with Gasteiger partial charge in [0.2, 0.25) is 0 Å². The Morgan fingerprint density at radius 1 is 1.14 bits per heavy atom. The molecule has 0 bridgehead atoms. The quantitative estimate of drug-likeness (QED) is 0.688. The van der Waals surface area contributed by atoms with Crippen LogP contribution in [0, 0.1) is 6.92 Å². The van der Waals surface area contributed by atoms with Crippen LogP contribution in [0.25, 0.3) is 21.6 Å². The number of ether oxygens (including phenoxy) is 2. The number of rotatable bonds is 3. The molecule has 1 aromatic carbocycles. The second-order valence-electron chi connectivity index (χ2n) is 4.31. The lowest BCUT2D eigenvalue weighted by atomic mass is 10.2. The van der Waals surface area contributed by atoms with Gasteiger partial charge in [0, 0.05) is 17.6 Å². The smallest absolute Gasteiger partial charge is 0.173 e. The Balaban J connectivity index is 2.27. The zero-order valence-corrected chi connectivity index (χ0v) is 13.2. The van der Waals surface area contributed by atoms with Crippen molar-refractivity contribution in [1.29, 1.82) is 0 Å². The highest BCUT2D eigenvalue weighted by Gasteiger charge is 2.15. The predicted molar refractivity (Wildman–Crippen MR) is 83.5 cm³/mol. The molecule has 3 aromatic rings. The molecular weight excluding hydrogens is 310 g/mol. The zero-order valence-electron chi connectivity index (χ0n) is 11.7. The number of nitrogens with zero attached hydrogens (tertiary/aromatic N) is 3. The number of benzene rings is 1. The Labute approximate surface area is 130 Å². The SMILES string of the molecule is COc1cc(OC)c2nc(-c3cnc(C)s3)nc(Cl)c2c1. The van der Waals surface area contributed by atoms with Crippen LogP contribution in [0.3, 0.4) is 0 Å². The van der Waals surface area contributed by atoms with Gasteiger partial charge in [-0.1, -0.05) is 11.6 Å². The standard InChI is InChI=1S/C14H12ClN3O2S/c1-7-16-6-11(21-7)14-17-12-9(13(15)18-14)4-8(19-2)5-10(12)20-3/h4-6H,1-3H3. The molecule has 3 rings (SSSR count). The first kappa shape index (κ1) is 14.0. The molecule has 5 nitrogen and oxygen atoms in total. The van der Waals surface area contributed by atoms with Crippen molar-refractivity contribution in [3.05, 3.63) is 28.5 Å². The summed E-state index contributed by atoms with van der Waals surface area (Å²) in [6.45, 7) is 1.93. The van der Waals surface area contributed by atoms with Gasteiger partial charge in [-0.15, -0.1) is 11.3 Å². The van der Waals surface area contributed by atoms with Crippen molar-refractivity contribution < 1.29 is 9.47 Å². The first-order valence-electron chi connectivity index (χ1n) is 6.14. The Hall–Kier alpha value is -1.92. The van der Waals surface area contributed by atoms with Crippen molar-refractivity contribution >= 4 is 33.8 Å². The van der Waals surface area contributed by atoms with Gasteiger partial charge in [-0.25, -0.2) is 15.0 Å². The number of hydrogen-bond donors (Lipinski definition) is 0. The molecule has 108 valence electrons. The van der Waals surface area contributed by atoms with Gasteiger partial charge in [-0.2, -0.15) is 0 Å². The van der Waals surface area contributed by atoms with E-state index in [2.05, 4.69) is 15.0 Å². The van der Waals surface area contributed by atoms with Crippen LogP contribution in [-0.2, 0) is 0 Å². The highest BCUT2D eigenvalue weighted by molar-refractivity contribution is 7.14. The van der Waals surface area contributed by atoms with Gasteiger partial charge in [0.05, 0.1) is 24.1 Å². The largest absolute Gasteiger partial charge is 0.497 e. The third-order valence-corrected chi connectivity index (χ3v) is 4.19. The minimum Gasteiger partial charge on any atom is -0.497 e. The molecule has 2 heterocycles. The first-order chi connectivity index (χ1) is 10.1. The van der Waals surface area contributed by atoms with Crippen molar-refractivity contribution in [2.75, 3.05) is 14.2 Å². The van der Waals surface area contributed by atoms with Gasteiger partial charge in [-0.05, 0) is 13.0 Å². The molecule has 0 atom stereocenters. The molecule has 0 aliphatic rings. The van der Waals surface area contributed by atoms with Gasteiger partial charge in [0.25, 0.3) is 0 Å². The van der Waals surface area contributed by atoms with Crippen LogP contribution >= 0.6 is 22.9 Å². The maximum atomic E-state index is 6.30. The van der Waals surface area contributed by atoms with E-state index in [1.807, 2.05) is 6.92 Å². The third kappa shape index (κ3) is 2.52. The van der Waals surface area contributed by atoms with Crippen LogP contribution in [0.15, 0.2) is 18.3 Å². The Morgan fingerprint density at radius 3 is 2.57 bits per heavy atom. The fourth-order valence-electron chi connectivity index (χ4n) is 1.99. The topological polar surface area (TPSA) is 57.1 Å². The molecule has 0 aliphatic carbocycles. The van der Waals surface area contributed by atoms with Gasteiger partial charge < -0.3 is 9.47 Å². The lowest BCUT2D eigenvalue weighted by Crippen LogP contribution is -1.95. The van der Waals surface area contributed by atoms with E-state index in [0.29, 0.717) is 33.4 Å². The second-order valence-corrected chi connectivity index (χ2v) is 5.90. The highest BCUT2D eigenvalue weighted by atomic mass is 35.5. The van der Waals surface area contributed by atoms with E-state index in [9.17, 15) is 0 Å². The number of halogens is 1. The van der Waals surface area contributed by atoms with Gasteiger partial charge in [0.15, 0.2) is 5.82 Å². The lowest BCUT2D eigenvalue weighted by Gasteiger charge is -2.09. The minimum atomic E-state index is 0.359. The monoisotopic (exact) mass is 321 g/mol. The first-order valence-corrected chi connectivity index (χ1v) is 7.34. The summed E-state index contributed by atoms with van der Waals surface area (Å²) in [7, 11) is 3.17. The van der Waals surface area contributed by atoms with Gasteiger partial charge >= 0.3 is 0 Å². The molecular formula is C14H12ClN3O2S. The molecule has 0 radical (unpaired) electrons. The summed E-state index contributed by atoms with van der Waals surface area (Å²) < 4.78 is 10.6. The Kier molecular flexibility index (Phi) is 3.65. The van der Waals surface area contributed by atoms with Crippen molar-refractivity contribution in [2.45, 2.75) is 6.92 Å². The normalized spacial score (nSPS) is 10.9. The number of thiazole rings is 1. The number of fused-ring (bicyclic) bond motifs is 1. The van der Waals surface area contributed by atoms with Crippen LogP contribution < -0.4 is 9.47 Å². The third-order valence-electron chi connectivity index (χ3n) is 2.99. The number of aryl methyl sites for hydroxylation is 1. The predicted octanol–water partition coefficient (Wildman–Crippen LogP) is 3.73. The maximum Gasteiger partial charge on any atom is 0.173 e. The Bertz CT molecular complexity index is 819. The minimum absolute atomic E-state index is 0.359. The fourth-order valence-corrected chi connectivity index (χ4v) is 2.92. The molecule has 0 aliphatic heterocycles. The van der Waals surface area contributed by atoms with E-state index in [4.69, 9.17) is 21.1 Å². The summed E-state index contributed by atoms with van der Waals surface area (Å²) in [6.07, 6.45) is 1.74. The summed E-state index contributed by atoms with van der Waals surface area (Å²) >= 11 is 7.82. The number of aromatic nitrogens is 3. The highest BCUT2D eigenvalue weighted by Crippen LogP contribution is 2.35. The van der Waals surface area contributed by atoms with E-state index < -0.39 is 0 Å². The van der Waals surface area contributed by atoms with Crippen LogP contribution in [0.4, 0.5) is 0 Å². The van der Waals surface area contributed by atoms with Gasteiger partial charge in [-0.3, -0.25) is 0 Å². The molecule has 21 heavy (non-hydrogen) atoms. The summed E-state index contributed by atoms with van der Waals surface area (Å²) in [5.41, 5.74) is 0.652. The summed E-state index contributed by atoms with van der Waals surface area (Å²) in [5, 5.41) is 2.00. The molecule has 0 fully saturated rings. The maximum absolute atomic E-state index is 6.30. The van der Waals surface area contributed by atoms with Crippen LogP contribution in [0.1, 0.15) is 5.01 Å². The number of hydrogen-bond acceptors (Lipinski definition) is 6. The molecule has 0 N–H and O–H groups in total. The van der Waals surface area contributed by atoms with Crippen molar-refractivity contribution in [3.8, 4) is 22.2 Å². The molecule has 0 amide bonds. The van der Waals surface area contributed by atoms with E-state index >= 15 is 0 Å². The molecule has 0 saturated heterocycles. The van der Waals surface area contributed by atoms with E-state index in [0.717, 1.165) is 9.88 Å². The second kappa shape index (κ2) is 5.46. The van der Waals surface area contributed by atoms with Crippen LogP contribution in [0.2, 0.25) is 5.15 Å². The number of methoxy groups -OCH3 is 2. The van der Waals surface area contributed by atoms with Crippen molar-refractivity contribution in [2.24, 2.45) is 0 Å². The zero-order chi connectivity index (χ0) is 15.0. The van der Waals surface area contributed by atoms with E-state index in [1.54, 1.807) is 32.5 Å². The molecule has 2 aromatic heterocycles. The molecule has 7 heteroatoms. The Morgan fingerprint density at radius 2 is 1.95 bits per heavy atom. The van der Waals surface area contributed by atoms with Crippen molar-refractivity contribution in [3.63, 3.8) is 0 Å². The average molecular weight is 322 g/mol. The molecule has 0 saturated carbocycles. The van der Waals surface area contributed by atoms with E-state index in [1.165, 1.54) is 11.3 Å². The van der Waals surface area contributed by atoms with Crippen molar-refractivity contribution in [1.82, 2.24) is 15.0 Å². The van der Waals surface area contributed by atoms with Crippen LogP contribution in [0.5, 0.6) is 11.5 Å². The average Bonchev–Trinajstić information content (AvgIpc) is 2.92. The summed E-state index contributed by atoms with van der Waals surface area (Å²) in [4.78, 5) is 14.0. The summed E-state index contributed by atoms with van der Waals surface area (Å²) in [6, 6.07) is 3.56. The summed E-state index contributed by atoms with van der Waals surface area (Å²) in [5.74, 6) is 1.78. The fraction of sp³-hybridized carbons (Fsp3) is 0.214. The van der Waals surface area contributed by atoms with Crippen LogP contribution in [-0.4, -0.2) is 29.2 Å². The lowest BCUT2D eigenvalue weighted by molar-refractivity contribution is 0.397. The van der Waals surface area contributed by atoms with E-state index in [-0.39, 0.29) is 0 Å².